The van der Waals surface area contributed by atoms with Gasteiger partial charge < -0.3 is 15.8 Å². The maximum absolute atomic E-state index is 12.4. The summed E-state index contributed by atoms with van der Waals surface area (Å²) in [5, 5.41) is 2.88. The van der Waals surface area contributed by atoms with E-state index in [1.165, 1.54) is 12.1 Å². The van der Waals surface area contributed by atoms with Crippen LogP contribution in [0.4, 0.5) is 13.2 Å². The molecule has 25 heavy (non-hydrogen) atoms. The van der Waals surface area contributed by atoms with Crippen LogP contribution in [0.1, 0.15) is 11.3 Å². The number of halogens is 3. The zero-order valence-corrected chi connectivity index (χ0v) is 13.5. The fourth-order valence-electron chi connectivity index (χ4n) is 1.98. The lowest BCUT2D eigenvalue weighted by molar-refractivity contribution is -0.137. The van der Waals surface area contributed by atoms with E-state index < -0.39 is 11.7 Å². The molecule has 0 atom stereocenters. The van der Waals surface area contributed by atoms with Crippen LogP contribution in [-0.4, -0.2) is 30.6 Å². The minimum atomic E-state index is -4.35. The molecular formula is C17H19F3N4O. The molecule has 1 aromatic heterocycles. The monoisotopic (exact) mass is 352 g/mol. The predicted octanol–water partition coefficient (Wildman–Crippen LogP) is 2.63. The molecule has 0 saturated heterocycles. The van der Waals surface area contributed by atoms with E-state index in [0.29, 0.717) is 25.3 Å². The molecule has 0 aliphatic rings. The zero-order chi connectivity index (χ0) is 18.1. The molecule has 0 bridgehead atoms. The summed E-state index contributed by atoms with van der Waals surface area (Å²) in [5.74, 6) is 0.646. The summed E-state index contributed by atoms with van der Waals surface area (Å²) in [6, 6.07) is 10.2. The number of nitrogens with one attached hydrogen (secondary N) is 1. The number of nitrogens with two attached hydrogens (primary N) is 1. The third-order valence-corrected chi connectivity index (χ3v) is 3.23. The third-order valence-electron chi connectivity index (χ3n) is 3.23. The number of nitrogens with zero attached hydrogens (tertiary/aromatic N) is 2. The van der Waals surface area contributed by atoms with Crippen LogP contribution >= 0.6 is 0 Å². The van der Waals surface area contributed by atoms with Gasteiger partial charge in [-0.05, 0) is 36.4 Å². The Hall–Kier alpha value is -2.77. The van der Waals surface area contributed by atoms with Crippen LogP contribution in [0.5, 0.6) is 5.75 Å². The lowest BCUT2D eigenvalue weighted by Gasteiger charge is -2.10. The second-order valence-electron chi connectivity index (χ2n) is 5.14. The van der Waals surface area contributed by atoms with Gasteiger partial charge in [0.2, 0.25) is 0 Å². The van der Waals surface area contributed by atoms with Gasteiger partial charge in [0.05, 0.1) is 12.1 Å². The number of hydrogen-bond acceptors (Lipinski definition) is 3. The van der Waals surface area contributed by atoms with Crippen molar-refractivity contribution in [2.24, 2.45) is 10.7 Å². The van der Waals surface area contributed by atoms with E-state index in [1.54, 1.807) is 6.20 Å². The minimum Gasteiger partial charge on any atom is -0.492 e. The number of aliphatic imine (C=N–C) groups is 1. The molecule has 0 amide bonds. The summed E-state index contributed by atoms with van der Waals surface area (Å²) in [7, 11) is 0. The highest BCUT2D eigenvalue weighted by molar-refractivity contribution is 5.77. The third kappa shape index (κ3) is 6.70. The zero-order valence-electron chi connectivity index (χ0n) is 13.5. The van der Waals surface area contributed by atoms with Crippen molar-refractivity contribution in [1.82, 2.24) is 10.3 Å². The molecule has 0 radical (unpaired) electrons. The molecule has 0 saturated carbocycles. The highest BCUT2D eigenvalue weighted by Gasteiger charge is 2.29. The summed E-state index contributed by atoms with van der Waals surface area (Å²) in [6.45, 7) is 1.15. The van der Waals surface area contributed by atoms with Crippen molar-refractivity contribution in [1.29, 1.82) is 0 Å². The van der Waals surface area contributed by atoms with Crippen molar-refractivity contribution in [3.8, 4) is 5.75 Å². The number of ether oxygens (including phenoxy) is 1. The Morgan fingerprint density at radius 1 is 1.16 bits per heavy atom. The van der Waals surface area contributed by atoms with E-state index in [-0.39, 0.29) is 12.6 Å². The van der Waals surface area contributed by atoms with Crippen LogP contribution < -0.4 is 15.8 Å². The predicted molar refractivity (Wildman–Crippen MR) is 89.4 cm³/mol. The first-order chi connectivity index (χ1) is 11.9. The van der Waals surface area contributed by atoms with Gasteiger partial charge in [-0.2, -0.15) is 13.2 Å². The van der Waals surface area contributed by atoms with Gasteiger partial charge in [0.1, 0.15) is 12.4 Å². The first-order valence-corrected chi connectivity index (χ1v) is 7.69. The van der Waals surface area contributed by atoms with Crippen LogP contribution in [-0.2, 0) is 12.6 Å². The molecule has 1 aromatic carbocycles. The van der Waals surface area contributed by atoms with E-state index in [1.807, 2.05) is 18.2 Å². The summed E-state index contributed by atoms with van der Waals surface area (Å²) in [6.07, 6.45) is -1.94. The van der Waals surface area contributed by atoms with Crippen molar-refractivity contribution in [2.45, 2.75) is 12.6 Å². The number of guanidine groups is 1. The largest absolute Gasteiger partial charge is 0.492 e. The Bertz CT molecular complexity index is 673. The van der Waals surface area contributed by atoms with Crippen LogP contribution in [0.3, 0.4) is 0 Å². The summed E-state index contributed by atoms with van der Waals surface area (Å²) in [4.78, 5) is 8.35. The van der Waals surface area contributed by atoms with Crippen molar-refractivity contribution in [3.63, 3.8) is 0 Å². The number of aromatic nitrogens is 1. The van der Waals surface area contributed by atoms with E-state index in [4.69, 9.17) is 10.5 Å². The second-order valence-corrected chi connectivity index (χ2v) is 5.14. The van der Waals surface area contributed by atoms with E-state index in [0.717, 1.165) is 17.8 Å². The molecular weight excluding hydrogens is 333 g/mol. The molecule has 0 aliphatic heterocycles. The van der Waals surface area contributed by atoms with Gasteiger partial charge in [-0.3, -0.25) is 9.98 Å². The fourth-order valence-corrected chi connectivity index (χ4v) is 1.98. The molecule has 0 fully saturated rings. The van der Waals surface area contributed by atoms with Gasteiger partial charge in [-0.1, -0.05) is 6.07 Å². The molecule has 134 valence electrons. The standard InChI is InChI=1S/C17H19F3N4O/c18-17(19,20)13-4-6-15(7-5-13)25-12-11-24-16(21)23-10-8-14-3-1-2-9-22-14/h1-7,9H,8,10-12H2,(H3,21,23,24). The molecule has 1 heterocycles. The topological polar surface area (TPSA) is 72.5 Å². The molecule has 8 heteroatoms. The summed E-state index contributed by atoms with van der Waals surface area (Å²) >= 11 is 0. The molecule has 2 rings (SSSR count). The highest BCUT2D eigenvalue weighted by atomic mass is 19.4. The average Bonchev–Trinajstić information content (AvgIpc) is 2.59. The van der Waals surface area contributed by atoms with Gasteiger partial charge in [-0.25, -0.2) is 0 Å². The molecule has 3 N–H and O–H groups in total. The molecule has 2 aromatic rings. The van der Waals surface area contributed by atoms with Crippen LogP contribution in [0, 0.1) is 0 Å². The van der Waals surface area contributed by atoms with Gasteiger partial charge in [0.25, 0.3) is 0 Å². The Morgan fingerprint density at radius 2 is 1.92 bits per heavy atom. The Kier molecular flexibility index (Phi) is 6.62. The van der Waals surface area contributed by atoms with Crippen LogP contribution in [0.2, 0.25) is 0 Å². The summed E-state index contributed by atoms with van der Waals surface area (Å²) in [5.41, 5.74) is 5.95. The van der Waals surface area contributed by atoms with Gasteiger partial charge in [0.15, 0.2) is 5.96 Å². The van der Waals surface area contributed by atoms with Crippen LogP contribution in [0.15, 0.2) is 53.7 Å². The number of rotatable bonds is 7. The SMILES string of the molecule is NC(=NCCc1ccccn1)NCCOc1ccc(C(F)(F)F)cc1. The van der Waals surface area contributed by atoms with E-state index >= 15 is 0 Å². The average molecular weight is 352 g/mol. The molecule has 0 spiro atoms. The fraction of sp³-hybridized carbons (Fsp3) is 0.294. The highest BCUT2D eigenvalue weighted by Crippen LogP contribution is 2.30. The molecule has 5 nitrogen and oxygen atoms in total. The first kappa shape index (κ1) is 18.6. The number of benzene rings is 1. The van der Waals surface area contributed by atoms with Crippen molar-refractivity contribution >= 4 is 5.96 Å². The van der Waals surface area contributed by atoms with Gasteiger partial charge >= 0.3 is 6.18 Å². The minimum absolute atomic E-state index is 0.252. The lowest BCUT2D eigenvalue weighted by Crippen LogP contribution is -2.35. The maximum Gasteiger partial charge on any atom is 0.416 e. The Morgan fingerprint density at radius 3 is 2.56 bits per heavy atom. The Balaban J connectivity index is 1.65. The normalized spacial score (nSPS) is 12.0. The first-order valence-electron chi connectivity index (χ1n) is 7.69. The number of alkyl halides is 3. The Labute approximate surface area is 143 Å². The summed E-state index contributed by atoms with van der Waals surface area (Å²) < 4.78 is 42.7. The number of pyridine rings is 1. The van der Waals surface area contributed by atoms with Crippen molar-refractivity contribution in [3.05, 3.63) is 59.9 Å². The lowest BCUT2D eigenvalue weighted by atomic mass is 10.2. The second kappa shape index (κ2) is 8.91. The van der Waals surface area contributed by atoms with Crippen molar-refractivity contribution < 1.29 is 17.9 Å². The smallest absolute Gasteiger partial charge is 0.416 e. The maximum atomic E-state index is 12.4. The van der Waals surface area contributed by atoms with Crippen LogP contribution in [0.25, 0.3) is 0 Å². The molecule has 0 aliphatic carbocycles. The van der Waals surface area contributed by atoms with E-state index in [2.05, 4.69) is 15.3 Å². The quantitative estimate of drug-likeness (QED) is 0.456. The van der Waals surface area contributed by atoms with Gasteiger partial charge in [-0.15, -0.1) is 0 Å². The molecule has 0 unspecified atom stereocenters. The van der Waals surface area contributed by atoms with E-state index in [9.17, 15) is 13.2 Å². The van der Waals surface area contributed by atoms with Crippen molar-refractivity contribution in [2.75, 3.05) is 19.7 Å². The number of hydrogen-bond donors (Lipinski definition) is 2. The van der Waals surface area contributed by atoms with Gasteiger partial charge in [0, 0.05) is 24.9 Å².